The smallest absolute Gasteiger partial charge is 0.340 e. The van der Waals surface area contributed by atoms with Gasteiger partial charge in [0.25, 0.3) is 5.91 Å². The Kier molecular flexibility index (Phi) is 6.39. The van der Waals surface area contributed by atoms with E-state index < -0.39 is 11.9 Å². The molecule has 1 aliphatic rings. The van der Waals surface area contributed by atoms with Crippen molar-refractivity contribution in [3.8, 4) is 11.5 Å². The molecule has 1 amide bonds. The average Bonchev–Trinajstić information content (AvgIpc) is 2.96. The second-order valence-electron chi connectivity index (χ2n) is 6.39. The van der Waals surface area contributed by atoms with Crippen LogP contribution >= 0.6 is 23.2 Å². The van der Waals surface area contributed by atoms with Gasteiger partial charge in [0.2, 0.25) is 0 Å². The second-order valence-corrected chi connectivity index (χ2v) is 7.26. The van der Waals surface area contributed by atoms with Gasteiger partial charge in [-0.05, 0) is 43.3 Å². The zero-order valence-corrected chi connectivity index (χ0v) is 18.3. The van der Waals surface area contributed by atoms with Gasteiger partial charge in [0.05, 0.1) is 38.2 Å². The van der Waals surface area contributed by atoms with Crippen LogP contribution in [0.1, 0.15) is 12.5 Å². The topological polar surface area (TPSA) is 65.1 Å². The van der Waals surface area contributed by atoms with Crippen LogP contribution in [-0.4, -0.2) is 33.2 Å². The van der Waals surface area contributed by atoms with Crippen molar-refractivity contribution in [3.63, 3.8) is 0 Å². The maximum atomic E-state index is 13.4. The predicted octanol–water partition coefficient (Wildman–Crippen LogP) is 4.89. The lowest BCUT2D eigenvalue weighted by Gasteiger charge is -2.18. The lowest BCUT2D eigenvalue weighted by molar-refractivity contribution is -0.136. The van der Waals surface area contributed by atoms with E-state index in [2.05, 4.69) is 0 Å². The van der Waals surface area contributed by atoms with Gasteiger partial charge in [0.1, 0.15) is 11.5 Å². The molecule has 0 radical (unpaired) electrons. The van der Waals surface area contributed by atoms with E-state index >= 15 is 0 Å². The monoisotopic (exact) mass is 447 g/mol. The number of benzene rings is 2. The number of esters is 1. The molecule has 0 aliphatic carbocycles. The number of hydrogen-bond acceptors (Lipinski definition) is 5. The third-order valence-electron chi connectivity index (χ3n) is 4.64. The van der Waals surface area contributed by atoms with Gasteiger partial charge in [-0.2, -0.15) is 0 Å². The number of carbonyl (C=O) groups is 2. The molecule has 0 aromatic heterocycles. The molecule has 156 valence electrons. The minimum Gasteiger partial charge on any atom is -0.497 e. The molecule has 0 bridgehead atoms. The molecule has 1 aliphatic heterocycles. The quantitative estimate of drug-likeness (QED) is 0.482. The van der Waals surface area contributed by atoms with E-state index in [-0.39, 0.29) is 11.1 Å². The number of anilines is 1. The van der Waals surface area contributed by atoms with Crippen LogP contribution in [0.4, 0.5) is 5.69 Å². The molecular formula is C22H19Cl2NO5. The molecule has 1 heterocycles. The number of rotatable bonds is 5. The molecule has 3 rings (SSSR count). The highest BCUT2D eigenvalue weighted by Gasteiger charge is 2.38. The number of hydrogen-bond donors (Lipinski definition) is 0. The van der Waals surface area contributed by atoms with Crippen molar-refractivity contribution < 1.29 is 23.8 Å². The molecule has 0 saturated heterocycles. The van der Waals surface area contributed by atoms with E-state index in [1.54, 1.807) is 56.5 Å². The molecule has 0 N–H and O–H groups in total. The Labute approximate surface area is 184 Å². The summed E-state index contributed by atoms with van der Waals surface area (Å²) in [6, 6.07) is 9.92. The molecule has 30 heavy (non-hydrogen) atoms. The summed E-state index contributed by atoms with van der Waals surface area (Å²) in [6.45, 7) is 1.66. The minimum atomic E-state index is -0.629. The lowest BCUT2D eigenvalue weighted by atomic mass is 10.0. The molecule has 0 spiro atoms. The SMILES string of the molecule is COC(=O)C1=C(C)N(c2cc(Cl)cc(Cl)c2)C(=O)/C1=C\c1ccc(OC)cc1OC. The Hall–Kier alpha value is -2.96. The number of ether oxygens (including phenoxy) is 3. The van der Waals surface area contributed by atoms with E-state index in [0.717, 1.165) is 0 Å². The van der Waals surface area contributed by atoms with Gasteiger partial charge in [-0.15, -0.1) is 0 Å². The highest BCUT2D eigenvalue weighted by Crippen LogP contribution is 2.38. The molecule has 0 fully saturated rings. The molecule has 2 aromatic carbocycles. The van der Waals surface area contributed by atoms with Crippen LogP contribution in [0.2, 0.25) is 10.0 Å². The summed E-state index contributed by atoms with van der Waals surface area (Å²) in [5.74, 6) is 0.0435. The molecule has 6 nitrogen and oxygen atoms in total. The van der Waals surface area contributed by atoms with Gasteiger partial charge in [-0.1, -0.05) is 23.2 Å². The summed E-state index contributed by atoms with van der Waals surface area (Å²) < 4.78 is 15.5. The summed E-state index contributed by atoms with van der Waals surface area (Å²) in [7, 11) is 4.32. The van der Waals surface area contributed by atoms with E-state index in [1.165, 1.54) is 19.1 Å². The lowest BCUT2D eigenvalue weighted by Crippen LogP contribution is -2.24. The summed E-state index contributed by atoms with van der Waals surface area (Å²) in [4.78, 5) is 27.3. The molecular weight excluding hydrogens is 429 g/mol. The Bertz CT molecular complexity index is 1070. The van der Waals surface area contributed by atoms with Crippen LogP contribution in [0.3, 0.4) is 0 Å². The van der Waals surface area contributed by atoms with Crippen molar-refractivity contribution in [3.05, 3.63) is 68.9 Å². The first-order valence-corrected chi connectivity index (χ1v) is 9.60. The summed E-state index contributed by atoms with van der Waals surface area (Å²) >= 11 is 12.2. The zero-order chi connectivity index (χ0) is 22.0. The van der Waals surface area contributed by atoms with Crippen LogP contribution in [0.15, 0.2) is 53.2 Å². The summed E-state index contributed by atoms with van der Waals surface area (Å²) in [6.07, 6.45) is 1.59. The first-order valence-electron chi connectivity index (χ1n) is 8.84. The average molecular weight is 448 g/mol. The van der Waals surface area contributed by atoms with Crippen molar-refractivity contribution in [2.45, 2.75) is 6.92 Å². The fourth-order valence-corrected chi connectivity index (χ4v) is 3.77. The molecule has 8 heteroatoms. The largest absolute Gasteiger partial charge is 0.497 e. The third-order valence-corrected chi connectivity index (χ3v) is 5.07. The number of methoxy groups -OCH3 is 3. The number of carbonyl (C=O) groups excluding carboxylic acids is 2. The normalized spacial score (nSPS) is 15.1. The van der Waals surface area contributed by atoms with Gasteiger partial charge >= 0.3 is 5.97 Å². The van der Waals surface area contributed by atoms with E-state index in [9.17, 15) is 9.59 Å². The molecule has 0 atom stereocenters. The van der Waals surface area contributed by atoms with Crippen molar-refractivity contribution in [2.24, 2.45) is 0 Å². The third kappa shape index (κ3) is 4.01. The van der Waals surface area contributed by atoms with E-state index in [0.29, 0.717) is 38.5 Å². The Balaban J connectivity index is 2.18. The number of halogens is 2. The maximum absolute atomic E-state index is 13.4. The summed E-state index contributed by atoms with van der Waals surface area (Å²) in [5, 5.41) is 0.735. The van der Waals surface area contributed by atoms with Gasteiger partial charge in [0, 0.05) is 27.4 Å². The molecule has 0 saturated carbocycles. The van der Waals surface area contributed by atoms with Crippen molar-refractivity contribution in [2.75, 3.05) is 26.2 Å². The van der Waals surface area contributed by atoms with Crippen molar-refractivity contribution in [1.29, 1.82) is 0 Å². The van der Waals surface area contributed by atoms with Crippen LogP contribution in [0, 0.1) is 0 Å². The Morgan fingerprint density at radius 3 is 2.23 bits per heavy atom. The van der Waals surface area contributed by atoms with E-state index in [1.807, 2.05) is 0 Å². The number of amides is 1. The summed E-state index contributed by atoms with van der Waals surface area (Å²) in [5.41, 5.74) is 1.77. The maximum Gasteiger partial charge on any atom is 0.340 e. The van der Waals surface area contributed by atoms with Crippen molar-refractivity contribution >= 4 is 46.8 Å². The van der Waals surface area contributed by atoms with E-state index in [4.69, 9.17) is 37.4 Å². The first-order chi connectivity index (χ1) is 14.3. The van der Waals surface area contributed by atoms with Crippen LogP contribution < -0.4 is 14.4 Å². The fourth-order valence-electron chi connectivity index (χ4n) is 3.25. The minimum absolute atomic E-state index is 0.150. The highest BCUT2D eigenvalue weighted by atomic mass is 35.5. The van der Waals surface area contributed by atoms with Gasteiger partial charge in [-0.25, -0.2) is 4.79 Å². The van der Waals surface area contributed by atoms with Gasteiger partial charge in [-0.3, -0.25) is 9.69 Å². The van der Waals surface area contributed by atoms with Crippen LogP contribution in [0.5, 0.6) is 11.5 Å². The first kappa shape index (κ1) is 21.7. The molecule has 2 aromatic rings. The number of allylic oxidation sites excluding steroid dienone is 1. The second kappa shape index (κ2) is 8.81. The standard InChI is InChI=1S/C22H19Cl2NO5/c1-12-20(22(27)30-4)18(7-13-5-6-17(28-2)11-19(13)29-3)21(26)25(12)16-9-14(23)8-15(24)10-16/h5-11H,1-4H3/b18-7-. The van der Waals surface area contributed by atoms with Gasteiger partial charge in [0.15, 0.2) is 0 Å². The highest BCUT2D eigenvalue weighted by molar-refractivity contribution is 6.35. The molecule has 0 unspecified atom stereocenters. The van der Waals surface area contributed by atoms with Gasteiger partial charge < -0.3 is 14.2 Å². The fraction of sp³-hybridized carbons (Fsp3) is 0.182. The zero-order valence-electron chi connectivity index (χ0n) is 16.8. The van der Waals surface area contributed by atoms with Crippen molar-refractivity contribution in [1.82, 2.24) is 0 Å². The van der Waals surface area contributed by atoms with Crippen LogP contribution in [0.25, 0.3) is 6.08 Å². The van der Waals surface area contributed by atoms with Crippen LogP contribution in [-0.2, 0) is 14.3 Å². The Morgan fingerprint density at radius 1 is 1.00 bits per heavy atom. The predicted molar refractivity (Wildman–Crippen MR) is 116 cm³/mol. The Morgan fingerprint density at radius 2 is 1.67 bits per heavy atom. The number of nitrogens with zero attached hydrogens (tertiary/aromatic N) is 1.